The first-order valence-corrected chi connectivity index (χ1v) is 7.85. The molecule has 0 aliphatic heterocycles. The molecule has 2 N–H and O–H groups in total. The Balaban J connectivity index is 1.93. The molecule has 2 atom stereocenters. The van der Waals surface area contributed by atoms with Crippen LogP contribution in [0.1, 0.15) is 29.9 Å². The van der Waals surface area contributed by atoms with E-state index in [1.807, 2.05) is 37.3 Å². The van der Waals surface area contributed by atoms with Crippen LogP contribution in [0, 0.1) is 5.92 Å². The topological polar surface area (TPSA) is 62.2 Å². The molecule has 21 heavy (non-hydrogen) atoms. The molecular formula is C16H20N2O2S. The minimum atomic E-state index is -0.343. The Morgan fingerprint density at radius 1 is 1.33 bits per heavy atom. The maximum atomic E-state index is 12.1. The summed E-state index contributed by atoms with van der Waals surface area (Å²) in [5, 5.41) is 13.0. The van der Waals surface area contributed by atoms with E-state index < -0.39 is 0 Å². The fourth-order valence-electron chi connectivity index (χ4n) is 2.11. The zero-order chi connectivity index (χ0) is 15.2. The van der Waals surface area contributed by atoms with Gasteiger partial charge in [0.15, 0.2) is 0 Å². The summed E-state index contributed by atoms with van der Waals surface area (Å²) in [5.41, 5.74) is 1.02. The molecule has 1 heterocycles. The third-order valence-electron chi connectivity index (χ3n) is 3.10. The molecule has 2 aromatic rings. The van der Waals surface area contributed by atoms with Crippen molar-refractivity contribution >= 4 is 17.2 Å². The molecule has 1 aromatic heterocycles. The van der Waals surface area contributed by atoms with E-state index in [0.717, 1.165) is 10.6 Å². The van der Waals surface area contributed by atoms with E-state index in [0.29, 0.717) is 17.8 Å². The zero-order valence-electron chi connectivity index (χ0n) is 12.2. The van der Waals surface area contributed by atoms with Gasteiger partial charge < -0.3 is 10.4 Å². The van der Waals surface area contributed by atoms with Crippen LogP contribution in [0.5, 0.6) is 0 Å². The van der Waals surface area contributed by atoms with Gasteiger partial charge in [0.05, 0.1) is 12.3 Å². The highest BCUT2D eigenvalue weighted by molar-refractivity contribution is 7.16. The lowest BCUT2D eigenvalue weighted by Crippen LogP contribution is -2.28. The Hall–Kier alpha value is -1.72. The van der Waals surface area contributed by atoms with E-state index in [1.54, 1.807) is 13.1 Å². The van der Waals surface area contributed by atoms with Gasteiger partial charge in [-0.05, 0) is 19.3 Å². The van der Waals surface area contributed by atoms with Crippen molar-refractivity contribution in [3.63, 3.8) is 0 Å². The number of rotatable bonds is 6. The Morgan fingerprint density at radius 2 is 2.05 bits per heavy atom. The SMILES string of the molecule is CC(O)CC(C)CNC(=O)c1cnc(-c2ccccc2)s1. The first-order chi connectivity index (χ1) is 10.1. The lowest BCUT2D eigenvalue weighted by molar-refractivity contribution is 0.0943. The summed E-state index contributed by atoms with van der Waals surface area (Å²) < 4.78 is 0. The number of carbonyl (C=O) groups is 1. The Bertz CT molecular complexity index is 581. The number of nitrogens with one attached hydrogen (secondary N) is 1. The van der Waals surface area contributed by atoms with Gasteiger partial charge >= 0.3 is 0 Å². The van der Waals surface area contributed by atoms with E-state index in [-0.39, 0.29) is 17.9 Å². The van der Waals surface area contributed by atoms with Crippen LogP contribution in [0.4, 0.5) is 0 Å². The number of carbonyl (C=O) groups excluding carboxylic acids is 1. The summed E-state index contributed by atoms with van der Waals surface area (Å²) in [6.45, 7) is 4.32. The number of benzene rings is 1. The van der Waals surface area contributed by atoms with E-state index in [2.05, 4.69) is 10.3 Å². The highest BCUT2D eigenvalue weighted by atomic mass is 32.1. The predicted octanol–water partition coefficient (Wildman–Crippen LogP) is 2.95. The van der Waals surface area contributed by atoms with Gasteiger partial charge in [0.2, 0.25) is 0 Å². The summed E-state index contributed by atoms with van der Waals surface area (Å²) in [4.78, 5) is 17.0. The van der Waals surface area contributed by atoms with Crippen LogP contribution in [0.15, 0.2) is 36.5 Å². The summed E-state index contributed by atoms with van der Waals surface area (Å²) in [5.74, 6) is 0.141. The van der Waals surface area contributed by atoms with E-state index in [1.165, 1.54) is 11.3 Å². The van der Waals surface area contributed by atoms with Crippen molar-refractivity contribution in [2.24, 2.45) is 5.92 Å². The molecule has 1 aromatic carbocycles. The molecule has 0 radical (unpaired) electrons. The van der Waals surface area contributed by atoms with Crippen molar-refractivity contribution in [3.8, 4) is 10.6 Å². The maximum absolute atomic E-state index is 12.1. The fourth-order valence-corrected chi connectivity index (χ4v) is 2.95. The van der Waals surface area contributed by atoms with Gasteiger partial charge in [-0.3, -0.25) is 4.79 Å². The minimum absolute atomic E-state index is 0.105. The van der Waals surface area contributed by atoms with Gasteiger partial charge in [-0.15, -0.1) is 11.3 Å². The third-order valence-corrected chi connectivity index (χ3v) is 4.15. The van der Waals surface area contributed by atoms with Gasteiger partial charge in [-0.2, -0.15) is 0 Å². The van der Waals surface area contributed by atoms with Gasteiger partial charge in [0.25, 0.3) is 5.91 Å². The summed E-state index contributed by atoms with van der Waals surface area (Å²) in [6, 6.07) is 9.81. The second-order valence-electron chi connectivity index (χ2n) is 5.30. The summed E-state index contributed by atoms with van der Waals surface area (Å²) in [7, 11) is 0. The first kappa shape index (κ1) is 15.7. The van der Waals surface area contributed by atoms with Crippen molar-refractivity contribution in [1.29, 1.82) is 0 Å². The monoisotopic (exact) mass is 304 g/mol. The second kappa shape index (κ2) is 7.33. The number of aliphatic hydroxyl groups is 1. The standard InChI is InChI=1S/C16H20N2O2S/c1-11(8-12(2)19)9-17-15(20)14-10-18-16(21-14)13-6-4-3-5-7-13/h3-7,10-12,19H,8-9H2,1-2H3,(H,17,20). The van der Waals surface area contributed by atoms with Crippen LogP contribution in [0.3, 0.4) is 0 Å². The lowest BCUT2D eigenvalue weighted by Gasteiger charge is -2.13. The van der Waals surface area contributed by atoms with E-state index in [4.69, 9.17) is 0 Å². The number of aliphatic hydroxyl groups excluding tert-OH is 1. The van der Waals surface area contributed by atoms with Crippen molar-refractivity contribution in [3.05, 3.63) is 41.4 Å². The molecule has 5 heteroatoms. The molecule has 2 unspecified atom stereocenters. The number of hydrogen-bond acceptors (Lipinski definition) is 4. The van der Waals surface area contributed by atoms with Crippen LogP contribution in [-0.4, -0.2) is 28.6 Å². The van der Waals surface area contributed by atoms with Gasteiger partial charge in [0.1, 0.15) is 9.88 Å². The highest BCUT2D eigenvalue weighted by Crippen LogP contribution is 2.24. The molecule has 0 saturated carbocycles. The molecule has 0 fully saturated rings. The fraction of sp³-hybridized carbons (Fsp3) is 0.375. The van der Waals surface area contributed by atoms with Crippen LogP contribution < -0.4 is 5.32 Å². The maximum Gasteiger partial charge on any atom is 0.263 e. The number of amides is 1. The average molecular weight is 304 g/mol. The lowest BCUT2D eigenvalue weighted by atomic mass is 10.0. The minimum Gasteiger partial charge on any atom is -0.393 e. The first-order valence-electron chi connectivity index (χ1n) is 7.03. The van der Waals surface area contributed by atoms with Gasteiger partial charge in [-0.25, -0.2) is 4.98 Å². The zero-order valence-corrected chi connectivity index (χ0v) is 13.1. The molecule has 112 valence electrons. The molecule has 2 rings (SSSR count). The normalized spacial score (nSPS) is 13.7. The van der Waals surface area contributed by atoms with Crippen LogP contribution in [-0.2, 0) is 0 Å². The Kier molecular flexibility index (Phi) is 5.47. The van der Waals surface area contributed by atoms with E-state index >= 15 is 0 Å². The molecule has 0 bridgehead atoms. The summed E-state index contributed by atoms with van der Waals surface area (Å²) >= 11 is 1.39. The molecule has 0 aliphatic rings. The van der Waals surface area contributed by atoms with Crippen LogP contribution in [0.2, 0.25) is 0 Å². The van der Waals surface area contributed by atoms with E-state index in [9.17, 15) is 9.90 Å². The molecule has 0 aliphatic carbocycles. The van der Waals surface area contributed by atoms with Gasteiger partial charge in [-0.1, -0.05) is 37.3 Å². The predicted molar refractivity (Wildman–Crippen MR) is 85.3 cm³/mol. The molecule has 4 nitrogen and oxygen atoms in total. The van der Waals surface area contributed by atoms with Gasteiger partial charge in [0, 0.05) is 12.1 Å². The smallest absolute Gasteiger partial charge is 0.263 e. The Morgan fingerprint density at radius 3 is 2.71 bits per heavy atom. The van der Waals surface area contributed by atoms with Crippen LogP contribution in [0.25, 0.3) is 10.6 Å². The summed E-state index contributed by atoms with van der Waals surface area (Å²) in [6.07, 6.45) is 1.95. The largest absolute Gasteiger partial charge is 0.393 e. The number of thiazole rings is 1. The second-order valence-corrected chi connectivity index (χ2v) is 6.33. The van der Waals surface area contributed by atoms with Crippen molar-refractivity contribution in [2.45, 2.75) is 26.4 Å². The molecule has 0 spiro atoms. The highest BCUT2D eigenvalue weighted by Gasteiger charge is 2.13. The van der Waals surface area contributed by atoms with Crippen molar-refractivity contribution < 1.29 is 9.90 Å². The molecule has 1 amide bonds. The van der Waals surface area contributed by atoms with Crippen molar-refractivity contribution in [2.75, 3.05) is 6.54 Å². The Labute approximate surface area is 128 Å². The number of hydrogen-bond donors (Lipinski definition) is 2. The quantitative estimate of drug-likeness (QED) is 0.862. The third kappa shape index (κ3) is 4.65. The number of nitrogens with zero attached hydrogens (tertiary/aromatic N) is 1. The van der Waals surface area contributed by atoms with Crippen molar-refractivity contribution in [1.82, 2.24) is 10.3 Å². The van der Waals surface area contributed by atoms with Crippen LogP contribution >= 0.6 is 11.3 Å². The number of aromatic nitrogens is 1. The molecular weight excluding hydrogens is 284 g/mol. The molecule has 0 saturated heterocycles. The average Bonchev–Trinajstić information content (AvgIpc) is 2.95.